The first-order valence-corrected chi connectivity index (χ1v) is 8.53. The molecule has 1 aromatic carbocycles. The Morgan fingerprint density at radius 1 is 1.42 bits per heavy atom. The van der Waals surface area contributed by atoms with Gasteiger partial charge < -0.3 is 14.4 Å². The van der Waals surface area contributed by atoms with Gasteiger partial charge in [0, 0.05) is 35.5 Å². The van der Waals surface area contributed by atoms with E-state index >= 15 is 0 Å². The third kappa shape index (κ3) is 3.41. The minimum Gasteiger partial charge on any atom is -0.481 e. The average Bonchev–Trinajstić information content (AvgIpc) is 2.89. The molecule has 6 heteroatoms. The van der Waals surface area contributed by atoms with E-state index < -0.39 is 5.97 Å². The van der Waals surface area contributed by atoms with Crippen molar-refractivity contribution in [1.82, 2.24) is 4.90 Å². The minimum atomic E-state index is -0.788. The van der Waals surface area contributed by atoms with Gasteiger partial charge in [0.2, 0.25) is 0 Å². The van der Waals surface area contributed by atoms with Crippen LogP contribution < -0.4 is 0 Å². The highest BCUT2D eigenvalue weighted by molar-refractivity contribution is 6.31. The van der Waals surface area contributed by atoms with Crippen LogP contribution in [0.15, 0.2) is 22.6 Å². The lowest BCUT2D eigenvalue weighted by Gasteiger charge is -2.32. The van der Waals surface area contributed by atoms with Gasteiger partial charge in [0.05, 0.1) is 0 Å². The number of nitrogens with zero attached hydrogens (tertiary/aromatic N) is 1. The summed E-state index contributed by atoms with van der Waals surface area (Å²) in [4.78, 5) is 25.4. The van der Waals surface area contributed by atoms with E-state index in [0.717, 1.165) is 23.8 Å². The first kappa shape index (κ1) is 16.8. The van der Waals surface area contributed by atoms with Crippen molar-refractivity contribution in [2.45, 2.75) is 32.6 Å². The van der Waals surface area contributed by atoms with Gasteiger partial charge in [0.25, 0.3) is 5.91 Å². The van der Waals surface area contributed by atoms with Crippen LogP contribution in [0.5, 0.6) is 0 Å². The minimum absolute atomic E-state index is 0.125. The number of hydrogen-bond donors (Lipinski definition) is 1. The summed E-state index contributed by atoms with van der Waals surface area (Å²) < 4.78 is 5.76. The first-order chi connectivity index (χ1) is 11.5. The molecule has 2 aromatic rings. The second-order valence-electron chi connectivity index (χ2n) is 6.39. The maximum Gasteiger partial charge on any atom is 0.303 e. The summed E-state index contributed by atoms with van der Waals surface area (Å²) in [5.74, 6) is -0.326. The van der Waals surface area contributed by atoms with Crippen LogP contribution in [0.2, 0.25) is 5.02 Å². The van der Waals surface area contributed by atoms with Gasteiger partial charge in [-0.1, -0.05) is 11.6 Å². The molecule has 1 N–H and O–H groups in total. The number of benzene rings is 1. The highest BCUT2D eigenvalue weighted by Gasteiger charge is 2.28. The second-order valence-corrected chi connectivity index (χ2v) is 6.82. The number of halogens is 1. The zero-order chi connectivity index (χ0) is 17.3. The van der Waals surface area contributed by atoms with E-state index in [-0.39, 0.29) is 18.2 Å². The van der Waals surface area contributed by atoms with Crippen molar-refractivity contribution < 1.29 is 19.1 Å². The molecule has 1 saturated heterocycles. The Morgan fingerprint density at radius 3 is 2.96 bits per heavy atom. The normalized spacial score (nSPS) is 18.1. The molecule has 0 aliphatic carbocycles. The van der Waals surface area contributed by atoms with Gasteiger partial charge >= 0.3 is 5.97 Å². The molecule has 1 amide bonds. The van der Waals surface area contributed by atoms with Crippen LogP contribution >= 0.6 is 11.6 Å². The fourth-order valence-corrected chi connectivity index (χ4v) is 3.53. The maximum absolute atomic E-state index is 12.8. The number of amides is 1. The van der Waals surface area contributed by atoms with E-state index in [1.54, 1.807) is 23.1 Å². The van der Waals surface area contributed by atoms with Gasteiger partial charge in [-0.25, -0.2) is 0 Å². The standard InChI is InChI=1S/C18H20ClNO4/c1-11-14-9-13(19)5-6-15(14)24-17(11)18(23)20-8-2-3-12(10-20)4-7-16(21)22/h5-6,9,12H,2-4,7-8,10H2,1H3,(H,21,22). The number of fused-ring (bicyclic) bond motifs is 1. The Hall–Kier alpha value is -2.01. The fourth-order valence-electron chi connectivity index (χ4n) is 3.35. The van der Waals surface area contributed by atoms with E-state index in [2.05, 4.69) is 0 Å². The molecule has 2 heterocycles. The number of aryl methyl sites for hydroxylation is 1. The quantitative estimate of drug-likeness (QED) is 0.901. The summed E-state index contributed by atoms with van der Waals surface area (Å²) in [7, 11) is 0. The Kier molecular flexibility index (Phi) is 4.81. The molecule has 1 atom stereocenters. The maximum atomic E-state index is 12.8. The Morgan fingerprint density at radius 2 is 2.21 bits per heavy atom. The zero-order valence-electron chi connectivity index (χ0n) is 13.5. The number of carboxylic acid groups (broad SMARTS) is 1. The van der Waals surface area contributed by atoms with Gasteiger partial charge in [-0.3, -0.25) is 9.59 Å². The molecule has 128 valence electrons. The van der Waals surface area contributed by atoms with Crippen molar-refractivity contribution in [3.8, 4) is 0 Å². The molecule has 0 spiro atoms. The third-order valence-electron chi connectivity index (χ3n) is 4.67. The molecule has 1 unspecified atom stereocenters. The van der Waals surface area contributed by atoms with E-state index in [4.69, 9.17) is 21.1 Å². The van der Waals surface area contributed by atoms with Crippen molar-refractivity contribution in [3.63, 3.8) is 0 Å². The highest BCUT2D eigenvalue weighted by Crippen LogP contribution is 2.30. The number of carboxylic acids is 1. The predicted octanol–water partition coefficient (Wildman–Crippen LogP) is 4.11. The topological polar surface area (TPSA) is 70.8 Å². The Bertz CT molecular complexity index is 783. The molecule has 1 fully saturated rings. The van der Waals surface area contributed by atoms with Crippen LogP contribution in [0.4, 0.5) is 0 Å². The van der Waals surface area contributed by atoms with E-state index in [9.17, 15) is 9.59 Å². The van der Waals surface area contributed by atoms with Crippen molar-refractivity contribution in [3.05, 3.63) is 34.5 Å². The molecule has 1 aromatic heterocycles. The number of hydrogen-bond acceptors (Lipinski definition) is 3. The molecule has 0 bridgehead atoms. The number of aliphatic carboxylic acids is 1. The number of carbonyl (C=O) groups is 2. The van der Waals surface area contributed by atoms with Crippen LogP contribution in [-0.2, 0) is 4.79 Å². The number of likely N-dealkylation sites (tertiary alicyclic amines) is 1. The lowest BCUT2D eigenvalue weighted by Crippen LogP contribution is -2.40. The fraction of sp³-hybridized carbons (Fsp3) is 0.444. The van der Waals surface area contributed by atoms with Gasteiger partial charge in [0.1, 0.15) is 5.58 Å². The molecule has 1 aliphatic rings. The number of carbonyl (C=O) groups excluding carboxylic acids is 1. The van der Waals surface area contributed by atoms with E-state index in [0.29, 0.717) is 35.9 Å². The monoisotopic (exact) mass is 349 g/mol. The van der Waals surface area contributed by atoms with Crippen molar-refractivity contribution in [2.75, 3.05) is 13.1 Å². The largest absolute Gasteiger partial charge is 0.481 e. The number of furan rings is 1. The van der Waals surface area contributed by atoms with Gasteiger partial charge in [-0.05, 0) is 50.3 Å². The average molecular weight is 350 g/mol. The van der Waals surface area contributed by atoms with Crippen LogP contribution in [0.3, 0.4) is 0 Å². The SMILES string of the molecule is Cc1c(C(=O)N2CCCC(CCC(=O)O)C2)oc2ccc(Cl)cc12. The lowest BCUT2D eigenvalue weighted by molar-refractivity contribution is -0.137. The van der Waals surface area contributed by atoms with Crippen LogP contribution in [0.25, 0.3) is 11.0 Å². The Balaban J connectivity index is 1.78. The Labute approximate surface area is 145 Å². The molecular formula is C18H20ClNO4. The lowest BCUT2D eigenvalue weighted by atomic mass is 9.93. The number of rotatable bonds is 4. The van der Waals surface area contributed by atoms with E-state index in [1.807, 2.05) is 6.92 Å². The summed E-state index contributed by atoms with van der Waals surface area (Å²) >= 11 is 6.02. The van der Waals surface area contributed by atoms with Gasteiger partial charge in [-0.2, -0.15) is 0 Å². The summed E-state index contributed by atoms with van der Waals surface area (Å²) in [6.45, 7) is 3.13. The summed E-state index contributed by atoms with van der Waals surface area (Å²) in [6.07, 6.45) is 2.61. The zero-order valence-corrected chi connectivity index (χ0v) is 14.3. The summed E-state index contributed by atoms with van der Waals surface area (Å²) in [5.41, 5.74) is 1.45. The third-order valence-corrected chi connectivity index (χ3v) is 4.90. The smallest absolute Gasteiger partial charge is 0.303 e. The highest BCUT2D eigenvalue weighted by atomic mass is 35.5. The van der Waals surface area contributed by atoms with E-state index in [1.165, 1.54) is 0 Å². The summed E-state index contributed by atoms with van der Waals surface area (Å²) in [6, 6.07) is 5.32. The summed E-state index contributed by atoms with van der Waals surface area (Å²) in [5, 5.41) is 10.3. The molecule has 5 nitrogen and oxygen atoms in total. The predicted molar refractivity (Wildman–Crippen MR) is 91.5 cm³/mol. The molecule has 3 rings (SSSR count). The molecule has 0 saturated carbocycles. The first-order valence-electron chi connectivity index (χ1n) is 8.15. The van der Waals surface area contributed by atoms with Crippen molar-refractivity contribution in [1.29, 1.82) is 0 Å². The molecule has 0 radical (unpaired) electrons. The van der Waals surface area contributed by atoms with Crippen molar-refractivity contribution in [2.24, 2.45) is 5.92 Å². The van der Waals surface area contributed by atoms with Gasteiger partial charge in [0.15, 0.2) is 5.76 Å². The van der Waals surface area contributed by atoms with Gasteiger partial charge in [-0.15, -0.1) is 0 Å². The second kappa shape index (κ2) is 6.85. The number of piperidine rings is 1. The van der Waals surface area contributed by atoms with Crippen molar-refractivity contribution >= 4 is 34.4 Å². The van der Waals surface area contributed by atoms with Crippen LogP contribution in [-0.4, -0.2) is 35.0 Å². The molecule has 1 aliphatic heterocycles. The molecular weight excluding hydrogens is 330 g/mol. The van der Waals surface area contributed by atoms with Crippen LogP contribution in [0, 0.1) is 12.8 Å². The van der Waals surface area contributed by atoms with Crippen LogP contribution in [0.1, 0.15) is 41.8 Å². The molecule has 24 heavy (non-hydrogen) atoms.